The van der Waals surface area contributed by atoms with E-state index in [1.54, 1.807) is 12.0 Å². The van der Waals surface area contributed by atoms with Crippen molar-refractivity contribution in [1.29, 1.82) is 0 Å². The van der Waals surface area contributed by atoms with Gasteiger partial charge in [0, 0.05) is 31.1 Å². The summed E-state index contributed by atoms with van der Waals surface area (Å²) in [7, 11) is 1.66. The van der Waals surface area contributed by atoms with E-state index >= 15 is 0 Å². The topological polar surface area (TPSA) is 59.1 Å². The van der Waals surface area contributed by atoms with Crippen LogP contribution in [-0.4, -0.2) is 56.7 Å². The lowest BCUT2D eigenvalue weighted by Crippen LogP contribution is -2.50. The summed E-state index contributed by atoms with van der Waals surface area (Å²) >= 11 is 1.44. The Balaban J connectivity index is 1.50. The number of carbonyl (C=O) groups is 2. The van der Waals surface area contributed by atoms with E-state index in [1.165, 1.54) is 16.2 Å². The second-order valence-corrected chi connectivity index (χ2v) is 7.82. The van der Waals surface area contributed by atoms with Crippen molar-refractivity contribution in [3.05, 3.63) is 45.6 Å². The van der Waals surface area contributed by atoms with E-state index in [2.05, 4.69) is 11.8 Å². The van der Waals surface area contributed by atoms with Crippen LogP contribution in [0.1, 0.15) is 27.0 Å². The number of carbonyl (C=O) groups excluding carboxylic acids is 2. The lowest BCUT2D eigenvalue weighted by atomic mass is 10.2. The first-order chi connectivity index (χ1) is 13.5. The smallest absolute Gasteiger partial charge is 0.348 e. The van der Waals surface area contributed by atoms with Crippen LogP contribution >= 0.6 is 11.3 Å². The quantitative estimate of drug-likeness (QED) is 0.695. The molecule has 1 amide bonds. The molecule has 1 aliphatic rings. The molecule has 1 fully saturated rings. The van der Waals surface area contributed by atoms with Crippen molar-refractivity contribution in [3.8, 4) is 5.75 Å². The van der Waals surface area contributed by atoms with Crippen LogP contribution in [0.4, 0.5) is 5.69 Å². The number of piperazine rings is 1. The zero-order chi connectivity index (χ0) is 20.1. The molecule has 0 N–H and O–H groups in total. The van der Waals surface area contributed by atoms with Gasteiger partial charge in [0.25, 0.3) is 5.91 Å². The maximum Gasteiger partial charge on any atom is 0.348 e. The monoisotopic (exact) mass is 402 g/mol. The van der Waals surface area contributed by atoms with Crippen molar-refractivity contribution in [2.24, 2.45) is 0 Å². The maximum absolute atomic E-state index is 12.4. The summed E-state index contributed by atoms with van der Waals surface area (Å²) in [4.78, 5) is 30.3. The van der Waals surface area contributed by atoms with Crippen LogP contribution in [0.2, 0.25) is 0 Å². The highest BCUT2D eigenvalue weighted by molar-refractivity contribution is 7.14. The molecule has 7 heteroatoms. The molecule has 2 heterocycles. The van der Waals surface area contributed by atoms with Gasteiger partial charge in [0.15, 0.2) is 6.61 Å². The molecule has 0 unspecified atom stereocenters. The van der Waals surface area contributed by atoms with Gasteiger partial charge in [0.05, 0.1) is 12.8 Å². The third-order valence-corrected chi connectivity index (χ3v) is 6.29. The van der Waals surface area contributed by atoms with Crippen molar-refractivity contribution in [1.82, 2.24) is 4.90 Å². The molecule has 0 bridgehead atoms. The number of para-hydroxylation sites is 2. The Morgan fingerprint density at radius 1 is 1.14 bits per heavy atom. The van der Waals surface area contributed by atoms with Gasteiger partial charge in [0.2, 0.25) is 0 Å². The Bertz CT molecular complexity index is 841. The highest BCUT2D eigenvalue weighted by atomic mass is 32.1. The van der Waals surface area contributed by atoms with E-state index in [4.69, 9.17) is 9.47 Å². The largest absolute Gasteiger partial charge is 0.495 e. The first-order valence-corrected chi connectivity index (χ1v) is 10.3. The number of hydrogen-bond donors (Lipinski definition) is 0. The van der Waals surface area contributed by atoms with Crippen molar-refractivity contribution >= 4 is 28.9 Å². The first kappa shape index (κ1) is 20.2. The fraction of sp³-hybridized carbons (Fsp3) is 0.429. The van der Waals surface area contributed by atoms with Gasteiger partial charge in [-0.3, -0.25) is 4.79 Å². The minimum absolute atomic E-state index is 0.156. The van der Waals surface area contributed by atoms with Crippen LogP contribution in [0.5, 0.6) is 5.75 Å². The lowest BCUT2D eigenvalue weighted by molar-refractivity contribution is -0.134. The predicted molar refractivity (Wildman–Crippen MR) is 111 cm³/mol. The van der Waals surface area contributed by atoms with Crippen molar-refractivity contribution in [2.45, 2.75) is 20.3 Å². The number of ether oxygens (including phenoxy) is 2. The number of esters is 1. The van der Waals surface area contributed by atoms with E-state index in [1.807, 2.05) is 37.3 Å². The highest BCUT2D eigenvalue weighted by Gasteiger charge is 2.24. The van der Waals surface area contributed by atoms with Gasteiger partial charge >= 0.3 is 5.97 Å². The summed E-state index contributed by atoms with van der Waals surface area (Å²) in [5.41, 5.74) is 2.13. The third kappa shape index (κ3) is 4.47. The van der Waals surface area contributed by atoms with Crippen molar-refractivity contribution in [2.75, 3.05) is 44.8 Å². The predicted octanol–water partition coefficient (Wildman–Crippen LogP) is 3.13. The Labute approximate surface area is 169 Å². The fourth-order valence-electron chi connectivity index (χ4n) is 3.35. The Morgan fingerprint density at radius 2 is 1.86 bits per heavy atom. The number of methoxy groups -OCH3 is 1. The molecule has 1 aromatic heterocycles. The summed E-state index contributed by atoms with van der Waals surface area (Å²) < 4.78 is 10.7. The summed E-state index contributed by atoms with van der Waals surface area (Å²) in [6.45, 7) is 6.43. The SMILES string of the molecule is CCc1sc(C(=O)OCC(=O)N2CCN(c3ccccc3OC)CC2)cc1C. The Morgan fingerprint density at radius 3 is 2.50 bits per heavy atom. The Hall–Kier alpha value is -2.54. The van der Waals surface area contributed by atoms with E-state index in [-0.39, 0.29) is 12.5 Å². The number of nitrogens with zero attached hydrogens (tertiary/aromatic N) is 2. The first-order valence-electron chi connectivity index (χ1n) is 9.45. The molecule has 0 saturated carbocycles. The summed E-state index contributed by atoms with van der Waals surface area (Å²) in [6.07, 6.45) is 0.888. The second kappa shape index (κ2) is 9.10. The van der Waals surface area contributed by atoms with Gasteiger partial charge in [-0.2, -0.15) is 0 Å². The van der Waals surface area contributed by atoms with E-state index in [0.717, 1.165) is 23.4 Å². The fourth-order valence-corrected chi connectivity index (χ4v) is 4.36. The van der Waals surface area contributed by atoms with Crippen LogP contribution in [0, 0.1) is 6.92 Å². The molecule has 3 rings (SSSR count). The van der Waals surface area contributed by atoms with Gasteiger partial charge in [-0.05, 0) is 37.1 Å². The molecule has 0 atom stereocenters. The number of amides is 1. The average Bonchev–Trinajstić information content (AvgIpc) is 3.12. The highest BCUT2D eigenvalue weighted by Crippen LogP contribution is 2.28. The van der Waals surface area contributed by atoms with Crippen molar-refractivity contribution in [3.63, 3.8) is 0 Å². The van der Waals surface area contributed by atoms with Gasteiger partial charge < -0.3 is 19.3 Å². The molecule has 0 spiro atoms. The van der Waals surface area contributed by atoms with E-state index in [9.17, 15) is 9.59 Å². The normalized spacial score (nSPS) is 14.1. The van der Waals surface area contributed by atoms with Crippen LogP contribution < -0.4 is 9.64 Å². The zero-order valence-electron chi connectivity index (χ0n) is 16.6. The average molecular weight is 403 g/mol. The summed E-state index contributed by atoms with van der Waals surface area (Å²) in [5, 5.41) is 0. The Kier molecular flexibility index (Phi) is 6.57. The number of benzene rings is 1. The third-order valence-electron chi connectivity index (χ3n) is 4.93. The summed E-state index contributed by atoms with van der Waals surface area (Å²) in [5.74, 6) is 0.250. The number of hydrogen-bond acceptors (Lipinski definition) is 6. The van der Waals surface area contributed by atoms with Crippen molar-refractivity contribution < 1.29 is 19.1 Å². The zero-order valence-corrected chi connectivity index (χ0v) is 17.4. The molecule has 1 saturated heterocycles. The van der Waals surface area contributed by atoms with Crippen LogP contribution in [-0.2, 0) is 16.0 Å². The maximum atomic E-state index is 12.4. The molecule has 6 nitrogen and oxygen atoms in total. The van der Waals surface area contributed by atoms with Gasteiger partial charge in [-0.25, -0.2) is 4.79 Å². The molecule has 1 aliphatic heterocycles. The minimum atomic E-state index is -0.422. The van der Waals surface area contributed by atoms with Crippen LogP contribution in [0.3, 0.4) is 0 Å². The molecular formula is C21H26N2O4S. The van der Waals surface area contributed by atoms with Gasteiger partial charge in [-0.1, -0.05) is 19.1 Å². The van der Waals surface area contributed by atoms with E-state index in [0.29, 0.717) is 31.1 Å². The molecule has 28 heavy (non-hydrogen) atoms. The standard InChI is InChI=1S/C21H26N2O4S/c1-4-18-15(2)13-19(28-18)21(25)27-14-20(24)23-11-9-22(10-12-23)16-7-5-6-8-17(16)26-3/h5-8,13H,4,9-12,14H2,1-3H3. The van der Waals surface area contributed by atoms with Gasteiger partial charge in [-0.15, -0.1) is 11.3 Å². The number of rotatable bonds is 6. The number of anilines is 1. The number of aryl methyl sites for hydroxylation is 2. The summed E-state index contributed by atoms with van der Waals surface area (Å²) in [6, 6.07) is 9.70. The molecule has 150 valence electrons. The second-order valence-electron chi connectivity index (χ2n) is 6.69. The minimum Gasteiger partial charge on any atom is -0.495 e. The molecule has 0 radical (unpaired) electrons. The molecule has 2 aromatic rings. The van der Waals surface area contributed by atoms with E-state index < -0.39 is 5.97 Å². The number of thiophene rings is 1. The van der Waals surface area contributed by atoms with Crippen LogP contribution in [0.15, 0.2) is 30.3 Å². The molecule has 1 aromatic carbocycles. The molecule has 0 aliphatic carbocycles. The van der Waals surface area contributed by atoms with Crippen LogP contribution in [0.25, 0.3) is 0 Å². The van der Waals surface area contributed by atoms with Gasteiger partial charge in [0.1, 0.15) is 10.6 Å². The lowest BCUT2D eigenvalue weighted by Gasteiger charge is -2.36. The molecular weight excluding hydrogens is 376 g/mol.